The average Bonchev–Trinajstić information content (AvgIpc) is 2.29. The van der Waals surface area contributed by atoms with Gasteiger partial charge in [-0.2, -0.15) is 0 Å². The van der Waals surface area contributed by atoms with E-state index in [4.69, 9.17) is 0 Å². The van der Waals surface area contributed by atoms with Crippen LogP contribution < -0.4 is 29.6 Å². The van der Waals surface area contributed by atoms with Gasteiger partial charge in [0.05, 0.1) is 4.90 Å². The molecule has 0 aliphatic rings. The van der Waals surface area contributed by atoms with Crippen LogP contribution in [0.25, 0.3) is 11.1 Å². The predicted molar refractivity (Wildman–Crippen MR) is 64.6 cm³/mol. The summed E-state index contributed by atoms with van der Waals surface area (Å²) in [4.78, 5) is -0.199. The van der Waals surface area contributed by atoms with Crippen LogP contribution in [0.3, 0.4) is 0 Å². The molecule has 0 atom stereocenters. The second kappa shape index (κ2) is 5.99. The van der Waals surface area contributed by atoms with Crippen LogP contribution in [-0.2, 0) is 10.1 Å². The Labute approximate surface area is 129 Å². The Morgan fingerprint density at radius 1 is 0.944 bits per heavy atom. The first kappa shape index (κ1) is 15.4. The van der Waals surface area contributed by atoms with Crippen molar-refractivity contribution in [2.24, 2.45) is 0 Å². The normalized spacial score (nSPS) is 10.8. The van der Waals surface area contributed by atoms with Gasteiger partial charge in [-0.15, -0.1) is 0 Å². The minimum absolute atomic E-state index is 0. The van der Waals surface area contributed by atoms with E-state index in [0.717, 1.165) is 16.7 Å². The number of rotatable bonds is 2. The van der Waals surface area contributed by atoms with Crippen molar-refractivity contribution in [3.8, 4) is 11.1 Å². The van der Waals surface area contributed by atoms with Crippen LogP contribution in [0, 0.1) is 6.92 Å². The minimum Gasteiger partial charge on any atom is -0.744 e. The van der Waals surface area contributed by atoms with Crippen LogP contribution in [-0.4, -0.2) is 13.0 Å². The smallest absolute Gasteiger partial charge is 0.744 e. The first-order chi connectivity index (χ1) is 7.98. The molecule has 18 heavy (non-hydrogen) atoms. The Bertz CT molecular complexity index is 634. The zero-order valence-electron chi connectivity index (χ0n) is 10.3. The fraction of sp³-hybridized carbons (Fsp3) is 0.0769. The predicted octanol–water partition coefficient (Wildman–Crippen LogP) is -0.430. The first-order valence-corrected chi connectivity index (χ1v) is 6.51. The molecule has 2 aromatic rings. The van der Waals surface area contributed by atoms with Crippen LogP contribution in [0.1, 0.15) is 5.56 Å². The third kappa shape index (κ3) is 3.43. The van der Waals surface area contributed by atoms with E-state index in [-0.39, 0.29) is 34.5 Å². The number of benzene rings is 2. The molecule has 3 nitrogen and oxygen atoms in total. The van der Waals surface area contributed by atoms with E-state index in [1.807, 2.05) is 31.2 Å². The molecule has 0 amide bonds. The maximum Gasteiger partial charge on any atom is 1.00 e. The Morgan fingerprint density at radius 2 is 1.50 bits per heavy atom. The fourth-order valence-electron chi connectivity index (χ4n) is 1.70. The number of aryl methyl sites for hydroxylation is 1. The first-order valence-electron chi connectivity index (χ1n) is 5.10. The van der Waals surface area contributed by atoms with Crippen molar-refractivity contribution in [1.29, 1.82) is 0 Å². The van der Waals surface area contributed by atoms with Crippen molar-refractivity contribution in [3.05, 3.63) is 54.1 Å². The summed E-state index contributed by atoms with van der Waals surface area (Å²) < 4.78 is 32.4. The van der Waals surface area contributed by atoms with Gasteiger partial charge in [0.1, 0.15) is 10.1 Å². The minimum atomic E-state index is -4.36. The van der Waals surface area contributed by atoms with E-state index in [1.54, 1.807) is 12.1 Å². The van der Waals surface area contributed by atoms with Crippen molar-refractivity contribution >= 4 is 10.1 Å². The Balaban J connectivity index is 0.00000162. The standard InChI is InChI=1S/C13H12O3S.Na/c1-10-4-2-3-5-13(10)11-6-8-12(9-7-11)17(14,15)16;/h2-9H,1H3,(H,14,15,16);/q;+1/p-1. The van der Waals surface area contributed by atoms with Crippen molar-refractivity contribution in [2.45, 2.75) is 11.8 Å². The van der Waals surface area contributed by atoms with Crippen molar-refractivity contribution < 1.29 is 42.5 Å². The molecule has 0 radical (unpaired) electrons. The van der Waals surface area contributed by atoms with Crippen LogP contribution in [0.5, 0.6) is 0 Å². The Hall–Kier alpha value is -0.650. The van der Waals surface area contributed by atoms with E-state index in [9.17, 15) is 13.0 Å². The zero-order chi connectivity index (χ0) is 12.5. The van der Waals surface area contributed by atoms with Gasteiger partial charge in [-0.05, 0) is 35.7 Å². The summed E-state index contributed by atoms with van der Waals surface area (Å²) in [7, 11) is -4.36. The third-order valence-corrected chi connectivity index (χ3v) is 3.45. The number of hydrogen-bond acceptors (Lipinski definition) is 3. The second-order valence-corrected chi connectivity index (χ2v) is 5.17. The van der Waals surface area contributed by atoms with Gasteiger partial charge in [0.2, 0.25) is 0 Å². The van der Waals surface area contributed by atoms with Crippen LogP contribution in [0.4, 0.5) is 0 Å². The second-order valence-electron chi connectivity index (χ2n) is 3.79. The Kier molecular flexibility index (Phi) is 5.13. The monoisotopic (exact) mass is 270 g/mol. The number of hydrogen-bond donors (Lipinski definition) is 0. The molecule has 0 aliphatic heterocycles. The van der Waals surface area contributed by atoms with E-state index in [0.29, 0.717) is 0 Å². The largest absolute Gasteiger partial charge is 1.00 e. The van der Waals surface area contributed by atoms with Gasteiger partial charge in [-0.3, -0.25) is 0 Å². The van der Waals surface area contributed by atoms with Gasteiger partial charge in [-0.25, -0.2) is 8.42 Å². The molecule has 0 saturated heterocycles. The average molecular weight is 270 g/mol. The summed E-state index contributed by atoms with van der Waals surface area (Å²) in [5.74, 6) is 0. The maximum atomic E-state index is 10.8. The summed E-state index contributed by atoms with van der Waals surface area (Å²) in [6, 6.07) is 13.8. The molecule has 0 saturated carbocycles. The molecule has 0 heterocycles. The zero-order valence-corrected chi connectivity index (χ0v) is 13.1. The molecule has 0 aromatic heterocycles. The molecule has 88 valence electrons. The molecule has 0 spiro atoms. The van der Waals surface area contributed by atoms with Gasteiger partial charge < -0.3 is 4.55 Å². The van der Waals surface area contributed by atoms with Gasteiger partial charge in [-0.1, -0.05) is 36.4 Å². The van der Waals surface area contributed by atoms with Gasteiger partial charge in [0.15, 0.2) is 0 Å². The van der Waals surface area contributed by atoms with Gasteiger partial charge in [0, 0.05) is 0 Å². The van der Waals surface area contributed by atoms with Gasteiger partial charge >= 0.3 is 29.6 Å². The molecular formula is C13H11NaO3S. The van der Waals surface area contributed by atoms with Crippen molar-refractivity contribution in [2.75, 3.05) is 0 Å². The van der Waals surface area contributed by atoms with Crippen LogP contribution >= 0.6 is 0 Å². The maximum absolute atomic E-state index is 10.8. The quantitative estimate of drug-likeness (QED) is 0.549. The summed E-state index contributed by atoms with van der Waals surface area (Å²) in [5.41, 5.74) is 3.03. The molecule has 0 aliphatic carbocycles. The van der Waals surface area contributed by atoms with Gasteiger partial charge in [0.25, 0.3) is 0 Å². The van der Waals surface area contributed by atoms with E-state index < -0.39 is 10.1 Å². The van der Waals surface area contributed by atoms with E-state index >= 15 is 0 Å². The molecule has 0 unspecified atom stereocenters. The molecular weight excluding hydrogens is 259 g/mol. The van der Waals surface area contributed by atoms with Crippen molar-refractivity contribution in [3.63, 3.8) is 0 Å². The molecule has 0 N–H and O–H groups in total. The fourth-order valence-corrected chi connectivity index (χ4v) is 2.17. The third-order valence-electron chi connectivity index (χ3n) is 2.60. The summed E-state index contributed by atoms with van der Waals surface area (Å²) in [5, 5.41) is 0. The summed E-state index contributed by atoms with van der Waals surface area (Å²) in [6.45, 7) is 1.98. The van der Waals surface area contributed by atoms with E-state index in [1.165, 1.54) is 12.1 Å². The molecule has 2 rings (SSSR count). The Morgan fingerprint density at radius 3 is 2.00 bits per heavy atom. The van der Waals surface area contributed by atoms with Crippen LogP contribution in [0.15, 0.2) is 53.4 Å². The molecule has 2 aromatic carbocycles. The van der Waals surface area contributed by atoms with Crippen LogP contribution in [0.2, 0.25) is 0 Å². The summed E-state index contributed by atoms with van der Waals surface area (Å²) in [6.07, 6.45) is 0. The van der Waals surface area contributed by atoms with Crippen molar-refractivity contribution in [1.82, 2.24) is 0 Å². The van der Waals surface area contributed by atoms with E-state index in [2.05, 4.69) is 0 Å². The molecule has 0 bridgehead atoms. The molecule has 0 fully saturated rings. The summed E-state index contributed by atoms with van der Waals surface area (Å²) >= 11 is 0. The molecule has 5 heteroatoms. The SMILES string of the molecule is Cc1ccccc1-c1ccc(S(=O)(=O)[O-])cc1.[Na+]. The topological polar surface area (TPSA) is 57.2 Å².